The molecule has 0 aliphatic rings. The van der Waals surface area contributed by atoms with E-state index in [1.807, 2.05) is 31.2 Å². The quantitative estimate of drug-likeness (QED) is 0.271. The van der Waals surface area contributed by atoms with Gasteiger partial charge in [-0.3, -0.25) is 4.79 Å². The van der Waals surface area contributed by atoms with Gasteiger partial charge in [0.1, 0.15) is 5.75 Å². The highest BCUT2D eigenvalue weighted by atomic mass is 35.5. The second-order valence-corrected chi connectivity index (χ2v) is 7.07. The van der Waals surface area contributed by atoms with Gasteiger partial charge >= 0.3 is 0 Å². The third-order valence-electron chi connectivity index (χ3n) is 4.34. The second kappa shape index (κ2) is 13.3. The van der Waals surface area contributed by atoms with Crippen LogP contribution in [0, 0.1) is 6.92 Å². The van der Waals surface area contributed by atoms with Crippen molar-refractivity contribution in [3.8, 4) is 5.75 Å². The van der Waals surface area contributed by atoms with Crippen LogP contribution < -0.4 is 4.74 Å². The molecule has 0 saturated carbocycles. The van der Waals surface area contributed by atoms with E-state index in [1.54, 1.807) is 0 Å². The lowest BCUT2D eigenvalue weighted by atomic mass is 10.0. The summed E-state index contributed by atoms with van der Waals surface area (Å²) >= 11 is 5.69. The van der Waals surface area contributed by atoms with E-state index in [-0.39, 0.29) is 0 Å². The van der Waals surface area contributed by atoms with Crippen LogP contribution in [0.25, 0.3) is 0 Å². The molecule has 0 heterocycles. The number of benzene rings is 1. The molecule has 0 amide bonds. The fourth-order valence-electron chi connectivity index (χ4n) is 2.89. The van der Waals surface area contributed by atoms with Gasteiger partial charge in [0, 0.05) is 0 Å². The van der Waals surface area contributed by atoms with Gasteiger partial charge < -0.3 is 4.74 Å². The van der Waals surface area contributed by atoms with Crippen molar-refractivity contribution in [3.05, 3.63) is 29.8 Å². The third-order valence-corrected chi connectivity index (χ3v) is 4.58. The van der Waals surface area contributed by atoms with E-state index in [0.29, 0.717) is 6.42 Å². The summed E-state index contributed by atoms with van der Waals surface area (Å²) in [6.45, 7) is 4.26. The van der Waals surface area contributed by atoms with Crippen molar-refractivity contribution >= 4 is 16.8 Å². The van der Waals surface area contributed by atoms with Gasteiger partial charge in [0.25, 0.3) is 5.24 Å². The molecular weight excluding hydrogens is 320 g/mol. The molecule has 3 heteroatoms. The first-order valence-electron chi connectivity index (χ1n) is 9.56. The SMILES string of the molecule is CCCCCCCCCCCCC(Oc1cccc(C)c1)C(=O)Cl. The first-order chi connectivity index (χ1) is 11.6. The Hall–Kier alpha value is -1.02. The smallest absolute Gasteiger partial charge is 0.262 e. The number of carbonyl (C=O) groups is 1. The Morgan fingerprint density at radius 3 is 2.12 bits per heavy atom. The van der Waals surface area contributed by atoms with Gasteiger partial charge in [-0.1, -0.05) is 76.8 Å². The minimum atomic E-state index is -0.525. The largest absolute Gasteiger partial charge is 0.481 e. The number of ether oxygens (including phenoxy) is 1. The molecule has 1 aromatic rings. The van der Waals surface area contributed by atoms with Crippen molar-refractivity contribution in [1.82, 2.24) is 0 Å². The minimum Gasteiger partial charge on any atom is -0.481 e. The molecule has 1 atom stereocenters. The second-order valence-electron chi connectivity index (χ2n) is 6.70. The third kappa shape index (κ3) is 9.97. The van der Waals surface area contributed by atoms with Crippen LogP contribution in [0.2, 0.25) is 0 Å². The van der Waals surface area contributed by atoms with E-state index in [2.05, 4.69) is 6.92 Å². The van der Waals surface area contributed by atoms with Crippen LogP contribution in [0.4, 0.5) is 0 Å². The molecule has 1 aromatic carbocycles. The Labute approximate surface area is 152 Å². The van der Waals surface area contributed by atoms with Crippen LogP contribution in [0.5, 0.6) is 5.75 Å². The number of halogens is 1. The standard InChI is InChI=1S/C21H33ClO2/c1-3-4-5-6-7-8-9-10-11-12-16-20(21(22)23)24-19-15-13-14-18(2)17-19/h13-15,17,20H,3-12,16H2,1-2H3. The van der Waals surface area contributed by atoms with Crippen LogP contribution >= 0.6 is 11.6 Å². The van der Waals surface area contributed by atoms with Crippen LogP contribution in [-0.2, 0) is 4.79 Å². The summed E-state index contributed by atoms with van der Waals surface area (Å²) in [6, 6.07) is 7.75. The Kier molecular flexibility index (Phi) is 11.6. The van der Waals surface area contributed by atoms with Crippen molar-refractivity contribution in [2.45, 2.75) is 90.6 Å². The molecule has 1 unspecified atom stereocenters. The molecule has 0 N–H and O–H groups in total. The van der Waals surface area contributed by atoms with Crippen molar-refractivity contribution in [2.75, 3.05) is 0 Å². The summed E-state index contributed by atoms with van der Waals surface area (Å²) in [5.41, 5.74) is 1.12. The Bertz CT molecular complexity index is 459. The average Bonchev–Trinajstić information content (AvgIpc) is 2.55. The average molecular weight is 353 g/mol. The number of hydrogen-bond acceptors (Lipinski definition) is 2. The van der Waals surface area contributed by atoms with E-state index in [4.69, 9.17) is 16.3 Å². The first kappa shape index (κ1) is 21.0. The van der Waals surface area contributed by atoms with E-state index in [1.165, 1.54) is 51.4 Å². The Morgan fingerprint density at radius 2 is 1.58 bits per heavy atom. The molecule has 2 nitrogen and oxygen atoms in total. The van der Waals surface area contributed by atoms with Gasteiger partial charge in [-0.15, -0.1) is 0 Å². The molecule has 0 saturated heterocycles. The van der Waals surface area contributed by atoms with Gasteiger partial charge in [-0.05, 0) is 49.1 Å². The summed E-state index contributed by atoms with van der Waals surface area (Å²) < 4.78 is 5.76. The summed E-state index contributed by atoms with van der Waals surface area (Å²) in [4.78, 5) is 11.6. The highest BCUT2D eigenvalue weighted by Gasteiger charge is 2.17. The Balaban J connectivity index is 2.13. The summed E-state index contributed by atoms with van der Waals surface area (Å²) in [7, 11) is 0. The lowest BCUT2D eigenvalue weighted by Gasteiger charge is -2.15. The van der Waals surface area contributed by atoms with Gasteiger partial charge in [-0.2, -0.15) is 0 Å². The predicted molar refractivity (Wildman–Crippen MR) is 103 cm³/mol. The zero-order valence-electron chi connectivity index (χ0n) is 15.4. The van der Waals surface area contributed by atoms with Crippen LogP contribution in [-0.4, -0.2) is 11.3 Å². The van der Waals surface area contributed by atoms with Gasteiger partial charge in [0.2, 0.25) is 0 Å². The van der Waals surface area contributed by atoms with Gasteiger partial charge in [0.05, 0.1) is 0 Å². The maximum atomic E-state index is 11.6. The zero-order chi connectivity index (χ0) is 17.6. The molecule has 0 aromatic heterocycles. The molecular formula is C21H33ClO2. The van der Waals surface area contributed by atoms with Gasteiger partial charge in [-0.25, -0.2) is 0 Å². The maximum absolute atomic E-state index is 11.6. The van der Waals surface area contributed by atoms with Crippen molar-refractivity contribution in [3.63, 3.8) is 0 Å². The fourth-order valence-corrected chi connectivity index (χ4v) is 3.04. The van der Waals surface area contributed by atoms with E-state index in [0.717, 1.165) is 24.2 Å². The molecule has 0 spiro atoms. The van der Waals surface area contributed by atoms with Crippen LogP contribution in [0.15, 0.2) is 24.3 Å². The van der Waals surface area contributed by atoms with E-state index in [9.17, 15) is 4.79 Å². The van der Waals surface area contributed by atoms with Crippen molar-refractivity contribution < 1.29 is 9.53 Å². The van der Waals surface area contributed by atoms with E-state index < -0.39 is 11.3 Å². The summed E-state index contributed by atoms with van der Waals surface area (Å²) in [5.74, 6) is 0.723. The predicted octanol–water partition coefficient (Wildman–Crippen LogP) is 6.82. The molecule has 0 fully saturated rings. The summed E-state index contributed by atoms with van der Waals surface area (Å²) in [5, 5.41) is -0.396. The molecule has 24 heavy (non-hydrogen) atoms. The normalized spacial score (nSPS) is 12.1. The molecule has 136 valence electrons. The Morgan fingerprint density at radius 1 is 1.00 bits per heavy atom. The monoisotopic (exact) mass is 352 g/mol. The highest BCUT2D eigenvalue weighted by Crippen LogP contribution is 2.19. The fraction of sp³-hybridized carbons (Fsp3) is 0.667. The molecule has 0 aliphatic carbocycles. The number of rotatable bonds is 14. The molecule has 1 rings (SSSR count). The van der Waals surface area contributed by atoms with Crippen LogP contribution in [0.1, 0.15) is 83.1 Å². The number of carbonyl (C=O) groups excluding carboxylic acids is 1. The molecule has 0 bridgehead atoms. The molecule has 0 radical (unpaired) electrons. The van der Waals surface area contributed by atoms with E-state index >= 15 is 0 Å². The van der Waals surface area contributed by atoms with Crippen molar-refractivity contribution in [2.24, 2.45) is 0 Å². The minimum absolute atomic E-state index is 0.396. The number of unbranched alkanes of at least 4 members (excludes halogenated alkanes) is 9. The summed E-state index contributed by atoms with van der Waals surface area (Å²) in [6.07, 6.45) is 13.0. The number of hydrogen-bond donors (Lipinski definition) is 0. The lowest BCUT2D eigenvalue weighted by Crippen LogP contribution is -2.23. The number of aryl methyl sites for hydroxylation is 1. The topological polar surface area (TPSA) is 26.3 Å². The van der Waals surface area contributed by atoms with Crippen molar-refractivity contribution in [1.29, 1.82) is 0 Å². The maximum Gasteiger partial charge on any atom is 0.262 e. The highest BCUT2D eigenvalue weighted by molar-refractivity contribution is 6.64. The zero-order valence-corrected chi connectivity index (χ0v) is 16.1. The van der Waals surface area contributed by atoms with Gasteiger partial charge in [0.15, 0.2) is 6.10 Å². The molecule has 0 aliphatic heterocycles. The first-order valence-corrected chi connectivity index (χ1v) is 9.94. The van der Waals surface area contributed by atoms with Crippen LogP contribution in [0.3, 0.4) is 0 Å². The lowest BCUT2D eigenvalue weighted by molar-refractivity contribution is -0.118.